The number of hydrogen-bond acceptors (Lipinski definition) is 4. The number of carbonyl (C=O) groups is 2. The predicted octanol–water partition coefficient (Wildman–Crippen LogP) is 3.53. The third-order valence-corrected chi connectivity index (χ3v) is 3.12. The number of anilines is 1. The zero-order chi connectivity index (χ0) is 15.9. The first kappa shape index (κ1) is 15.6. The van der Waals surface area contributed by atoms with E-state index in [1.165, 1.54) is 7.11 Å². The van der Waals surface area contributed by atoms with Crippen LogP contribution in [-0.4, -0.2) is 19.2 Å². The second-order valence-corrected chi connectivity index (χ2v) is 4.68. The molecule has 0 bridgehead atoms. The lowest BCUT2D eigenvalue weighted by Crippen LogP contribution is -2.17. The fraction of sp³-hybridized carbons (Fsp3) is 0.176. The van der Waals surface area contributed by atoms with E-state index in [0.717, 1.165) is 11.1 Å². The SMILES string of the molecule is COC(=O)c1cccc(C)c1NC(=O)OCc1ccccc1. The summed E-state index contributed by atoms with van der Waals surface area (Å²) in [6.07, 6.45) is -0.622. The number of hydrogen-bond donors (Lipinski definition) is 1. The van der Waals surface area contributed by atoms with E-state index in [1.807, 2.05) is 30.3 Å². The molecule has 2 aromatic carbocycles. The Balaban J connectivity index is 2.07. The molecule has 0 aromatic heterocycles. The van der Waals surface area contributed by atoms with Crippen molar-refractivity contribution in [1.82, 2.24) is 0 Å². The van der Waals surface area contributed by atoms with Gasteiger partial charge in [-0.05, 0) is 24.1 Å². The van der Waals surface area contributed by atoms with Gasteiger partial charge < -0.3 is 9.47 Å². The number of ether oxygens (including phenoxy) is 2. The fourth-order valence-corrected chi connectivity index (χ4v) is 1.98. The predicted molar refractivity (Wildman–Crippen MR) is 82.8 cm³/mol. The molecule has 0 aliphatic carbocycles. The van der Waals surface area contributed by atoms with Gasteiger partial charge in [0.05, 0.1) is 18.4 Å². The first-order valence-electron chi connectivity index (χ1n) is 6.77. The van der Waals surface area contributed by atoms with Crippen LogP contribution < -0.4 is 5.32 Å². The maximum absolute atomic E-state index is 11.9. The Labute approximate surface area is 128 Å². The molecule has 0 saturated carbocycles. The van der Waals surface area contributed by atoms with E-state index in [9.17, 15) is 9.59 Å². The van der Waals surface area contributed by atoms with Gasteiger partial charge in [-0.25, -0.2) is 9.59 Å². The van der Waals surface area contributed by atoms with Crippen molar-refractivity contribution < 1.29 is 19.1 Å². The van der Waals surface area contributed by atoms with Gasteiger partial charge in [0, 0.05) is 0 Å². The van der Waals surface area contributed by atoms with E-state index in [1.54, 1.807) is 25.1 Å². The molecule has 22 heavy (non-hydrogen) atoms. The van der Waals surface area contributed by atoms with Crippen molar-refractivity contribution >= 4 is 17.7 Å². The maximum atomic E-state index is 11.9. The molecule has 0 unspecified atom stereocenters. The highest BCUT2D eigenvalue weighted by Crippen LogP contribution is 2.21. The second kappa shape index (κ2) is 7.26. The van der Waals surface area contributed by atoms with Crippen LogP contribution in [0.4, 0.5) is 10.5 Å². The molecule has 0 saturated heterocycles. The molecule has 5 heteroatoms. The highest BCUT2D eigenvalue weighted by Gasteiger charge is 2.16. The average molecular weight is 299 g/mol. The Morgan fingerprint density at radius 3 is 2.45 bits per heavy atom. The molecule has 0 aliphatic heterocycles. The van der Waals surface area contributed by atoms with Crippen LogP contribution in [0.5, 0.6) is 0 Å². The number of nitrogens with one attached hydrogen (secondary N) is 1. The first-order chi connectivity index (χ1) is 10.6. The molecular formula is C17H17NO4. The lowest BCUT2D eigenvalue weighted by Gasteiger charge is -2.12. The summed E-state index contributed by atoms with van der Waals surface area (Å²) < 4.78 is 9.86. The second-order valence-electron chi connectivity index (χ2n) is 4.68. The minimum Gasteiger partial charge on any atom is -0.465 e. The average Bonchev–Trinajstić information content (AvgIpc) is 2.55. The molecule has 0 spiro atoms. The molecular weight excluding hydrogens is 282 g/mol. The summed E-state index contributed by atoms with van der Waals surface area (Å²) in [6, 6.07) is 14.5. The van der Waals surface area contributed by atoms with Crippen LogP contribution in [0.3, 0.4) is 0 Å². The van der Waals surface area contributed by atoms with Crippen molar-refractivity contribution in [3.63, 3.8) is 0 Å². The third-order valence-electron chi connectivity index (χ3n) is 3.12. The lowest BCUT2D eigenvalue weighted by molar-refractivity contribution is 0.0602. The molecule has 1 amide bonds. The third kappa shape index (κ3) is 3.85. The molecule has 0 fully saturated rings. The van der Waals surface area contributed by atoms with Gasteiger partial charge in [-0.15, -0.1) is 0 Å². The summed E-state index contributed by atoms with van der Waals surface area (Å²) in [6.45, 7) is 1.95. The van der Waals surface area contributed by atoms with Gasteiger partial charge in [-0.1, -0.05) is 42.5 Å². The van der Waals surface area contributed by atoms with Crippen LogP contribution in [0.25, 0.3) is 0 Å². The Morgan fingerprint density at radius 1 is 1.05 bits per heavy atom. The molecule has 2 aromatic rings. The quantitative estimate of drug-likeness (QED) is 0.877. The van der Waals surface area contributed by atoms with Crippen LogP contribution >= 0.6 is 0 Å². The Kier molecular flexibility index (Phi) is 5.14. The topological polar surface area (TPSA) is 64.6 Å². The first-order valence-corrected chi connectivity index (χ1v) is 6.77. The molecule has 5 nitrogen and oxygen atoms in total. The van der Waals surface area contributed by atoms with E-state index in [0.29, 0.717) is 11.3 Å². The van der Waals surface area contributed by atoms with E-state index >= 15 is 0 Å². The standard InChI is InChI=1S/C17H17NO4/c1-12-7-6-10-14(16(19)21-2)15(12)18-17(20)22-11-13-8-4-3-5-9-13/h3-10H,11H2,1-2H3,(H,18,20). The van der Waals surface area contributed by atoms with Crippen LogP contribution in [0.2, 0.25) is 0 Å². The van der Waals surface area contributed by atoms with E-state index in [2.05, 4.69) is 5.32 Å². The van der Waals surface area contributed by atoms with Crippen molar-refractivity contribution in [2.24, 2.45) is 0 Å². The van der Waals surface area contributed by atoms with Gasteiger partial charge in [-0.3, -0.25) is 5.32 Å². The molecule has 0 aliphatic rings. The van der Waals surface area contributed by atoms with E-state index < -0.39 is 12.1 Å². The van der Waals surface area contributed by atoms with Gasteiger partial charge in [-0.2, -0.15) is 0 Å². The van der Waals surface area contributed by atoms with Crippen molar-refractivity contribution in [2.75, 3.05) is 12.4 Å². The zero-order valence-corrected chi connectivity index (χ0v) is 12.5. The molecule has 114 valence electrons. The van der Waals surface area contributed by atoms with Crippen LogP contribution in [0.15, 0.2) is 48.5 Å². The van der Waals surface area contributed by atoms with Gasteiger partial charge in [0.2, 0.25) is 0 Å². The van der Waals surface area contributed by atoms with Crippen molar-refractivity contribution in [2.45, 2.75) is 13.5 Å². The summed E-state index contributed by atoms with van der Waals surface area (Å²) in [5, 5.41) is 2.60. The lowest BCUT2D eigenvalue weighted by atomic mass is 10.1. The Hall–Kier alpha value is -2.82. The van der Waals surface area contributed by atoms with Crippen LogP contribution in [0, 0.1) is 6.92 Å². The number of esters is 1. The highest BCUT2D eigenvalue weighted by atomic mass is 16.5. The molecule has 0 radical (unpaired) electrons. The van der Waals surface area contributed by atoms with Crippen molar-refractivity contribution in [3.8, 4) is 0 Å². The molecule has 2 rings (SSSR count). The number of methoxy groups -OCH3 is 1. The summed E-state index contributed by atoms with van der Waals surface area (Å²) in [4.78, 5) is 23.6. The maximum Gasteiger partial charge on any atom is 0.411 e. The monoisotopic (exact) mass is 299 g/mol. The van der Waals surface area contributed by atoms with E-state index in [-0.39, 0.29) is 6.61 Å². The van der Waals surface area contributed by atoms with Gasteiger partial charge in [0.1, 0.15) is 6.61 Å². The van der Waals surface area contributed by atoms with Gasteiger partial charge >= 0.3 is 12.1 Å². The summed E-state index contributed by atoms with van der Waals surface area (Å²) in [5.41, 5.74) is 2.32. The van der Waals surface area contributed by atoms with Gasteiger partial charge in [0.15, 0.2) is 0 Å². The zero-order valence-electron chi connectivity index (χ0n) is 12.5. The van der Waals surface area contributed by atoms with Crippen molar-refractivity contribution in [3.05, 3.63) is 65.2 Å². The number of amides is 1. The number of benzene rings is 2. The summed E-state index contributed by atoms with van der Waals surface area (Å²) in [5.74, 6) is -0.512. The van der Waals surface area contributed by atoms with Crippen LogP contribution in [0.1, 0.15) is 21.5 Å². The van der Waals surface area contributed by atoms with Crippen LogP contribution in [-0.2, 0) is 16.1 Å². The number of para-hydroxylation sites is 1. The summed E-state index contributed by atoms with van der Waals surface area (Å²) in [7, 11) is 1.29. The largest absolute Gasteiger partial charge is 0.465 e. The number of aryl methyl sites for hydroxylation is 1. The van der Waals surface area contributed by atoms with Gasteiger partial charge in [0.25, 0.3) is 0 Å². The minimum atomic E-state index is -0.622. The highest BCUT2D eigenvalue weighted by molar-refractivity contribution is 6.00. The Morgan fingerprint density at radius 2 is 1.77 bits per heavy atom. The molecule has 0 atom stereocenters. The van der Waals surface area contributed by atoms with Crippen molar-refractivity contribution in [1.29, 1.82) is 0 Å². The number of rotatable bonds is 4. The normalized spacial score (nSPS) is 9.91. The van der Waals surface area contributed by atoms with E-state index in [4.69, 9.17) is 9.47 Å². The Bertz CT molecular complexity index is 668. The smallest absolute Gasteiger partial charge is 0.411 e. The molecule has 0 heterocycles. The minimum absolute atomic E-state index is 0.159. The summed E-state index contributed by atoms with van der Waals surface area (Å²) >= 11 is 0. The molecule has 1 N–H and O–H groups in total. The fourth-order valence-electron chi connectivity index (χ4n) is 1.98. The number of carbonyl (C=O) groups excluding carboxylic acids is 2.